The summed E-state index contributed by atoms with van der Waals surface area (Å²) in [5, 5.41) is 4.67. The fourth-order valence-corrected chi connectivity index (χ4v) is 3.00. The molecule has 126 valence electrons. The van der Waals surface area contributed by atoms with Crippen LogP contribution in [0.1, 0.15) is 25.6 Å². The van der Waals surface area contributed by atoms with E-state index in [0.717, 1.165) is 5.56 Å². The van der Waals surface area contributed by atoms with E-state index in [1.54, 1.807) is 54.7 Å². The minimum absolute atomic E-state index is 0.107. The van der Waals surface area contributed by atoms with Crippen LogP contribution in [0, 0.1) is 0 Å². The number of thiophene rings is 1. The van der Waals surface area contributed by atoms with Crippen LogP contribution in [-0.4, -0.2) is 28.7 Å². The second-order valence-corrected chi connectivity index (χ2v) is 6.48. The summed E-state index contributed by atoms with van der Waals surface area (Å²) in [6.45, 7) is 0.493. The molecule has 1 N–H and O–H groups in total. The molecule has 0 unspecified atom stereocenters. The highest BCUT2D eigenvalue weighted by atomic mass is 32.1. The summed E-state index contributed by atoms with van der Waals surface area (Å²) in [5.74, 6) is -0.284. The van der Waals surface area contributed by atoms with E-state index in [1.165, 1.54) is 11.3 Å². The van der Waals surface area contributed by atoms with Crippen molar-refractivity contribution in [2.24, 2.45) is 0 Å². The van der Waals surface area contributed by atoms with E-state index >= 15 is 0 Å². The first-order valence-electron chi connectivity index (χ1n) is 7.73. The fraction of sp³-hybridized carbons (Fsp3) is 0.105. The van der Waals surface area contributed by atoms with Crippen molar-refractivity contribution in [3.8, 4) is 0 Å². The van der Waals surface area contributed by atoms with Crippen LogP contribution < -0.4 is 5.32 Å². The lowest BCUT2D eigenvalue weighted by molar-refractivity contribution is 0.0784. The molecule has 3 aromatic rings. The SMILES string of the molecule is CN(Cc1ccncc1)C(=O)c1cccc(NC(=O)c2cccs2)c1. The van der Waals surface area contributed by atoms with E-state index < -0.39 is 0 Å². The highest BCUT2D eigenvalue weighted by molar-refractivity contribution is 7.12. The zero-order chi connectivity index (χ0) is 17.6. The summed E-state index contributed by atoms with van der Waals surface area (Å²) in [5.41, 5.74) is 2.13. The molecule has 0 bridgehead atoms. The van der Waals surface area contributed by atoms with E-state index in [4.69, 9.17) is 0 Å². The number of hydrogen-bond acceptors (Lipinski definition) is 4. The van der Waals surface area contributed by atoms with Gasteiger partial charge in [-0.25, -0.2) is 0 Å². The highest BCUT2D eigenvalue weighted by Gasteiger charge is 2.14. The third kappa shape index (κ3) is 4.30. The number of carbonyl (C=O) groups is 2. The average molecular weight is 351 g/mol. The highest BCUT2D eigenvalue weighted by Crippen LogP contribution is 2.16. The van der Waals surface area contributed by atoms with Crippen molar-refractivity contribution in [1.82, 2.24) is 9.88 Å². The predicted molar refractivity (Wildman–Crippen MR) is 98.7 cm³/mol. The Hall–Kier alpha value is -2.99. The molecular formula is C19H17N3O2S. The molecule has 0 radical (unpaired) electrons. The Morgan fingerprint density at radius 1 is 1.12 bits per heavy atom. The van der Waals surface area contributed by atoms with E-state index in [2.05, 4.69) is 10.3 Å². The van der Waals surface area contributed by atoms with Crippen LogP contribution in [-0.2, 0) is 6.54 Å². The van der Waals surface area contributed by atoms with Crippen LogP contribution in [0.5, 0.6) is 0 Å². The van der Waals surface area contributed by atoms with Gasteiger partial charge in [-0.05, 0) is 47.3 Å². The summed E-state index contributed by atoms with van der Waals surface area (Å²) in [4.78, 5) is 31.0. The number of aromatic nitrogens is 1. The van der Waals surface area contributed by atoms with E-state index in [0.29, 0.717) is 22.7 Å². The van der Waals surface area contributed by atoms with E-state index in [1.807, 2.05) is 23.6 Å². The van der Waals surface area contributed by atoms with Crippen molar-refractivity contribution >= 4 is 28.8 Å². The Bertz CT molecular complexity index is 863. The van der Waals surface area contributed by atoms with E-state index in [-0.39, 0.29) is 11.8 Å². The Balaban J connectivity index is 1.70. The van der Waals surface area contributed by atoms with Gasteiger partial charge in [0.1, 0.15) is 0 Å². The molecule has 5 nitrogen and oxygen atoms in total. The van der Waals surface area contributed by atoms with Gasteiger partial charge in [0.25, 0.3) is 11.8 Å². The summed E-state index contributed by atoms with van der Waals surface area (Å²) < 4.78 is 0. The van der Waals surface area contributed by atoms with Crippen molar-refractivity contribution in [2.75, 3.05) is 12.4 Å². The van der Waals surface area contributed by atoms with Crippen LogP contribution in [0.3, 0.4) is 0 Å². The number of carbonyl (C=O) groups excluding carboxylic acids is 2. The molecule has 0 spiro atoms. The lowest BCUT2D eigenvalue weighted by atomic mass is 10.1. The molecule has 0 aliphatic heterocycles. The summed E-state index contributed by atoms with van der Waals surface area (Å²) in [6, 6.07) is 14.3. The summed E-state index contributed by atoms with van der Waals surface area (Å²) in [6.07, 6.45) is 3.41. The van der Waals surface area contributed by atoms with Crippen LogP contribution in [0.4, 0.5) is 5.69 Å². The number of nitrogens with zero attached hydrogens (tertiary/aromatic N) is 2. The maximum atomic E-state index is 12.6. The van der Waals surface area contributed by atoms with Gasteiger partial charge in [0.2, 0.25) is 0 Å². The lowest BCUT2D eigenvalue weighted by Gasteiger charge is -2.17. The molecule has 0 fully saturated rings. The first kappa shape index (κ1) is 16.9. The number of hydrogen-bond donors (Lipinski definition) is 1. The molecule has 0 saturated carbocycles. The minimum atomic E-state index is -0.176. The van der Waals surface area contributed by atoms with Gasteiger partial charge in [0, 0.05) is 37.2 Å². The molecule has 0 aliphatic rings. The Kier molecular flexibility index (Phi) is 5.20. The van der Waals surface area contributed by atoms with Gasteiger partial charge in [0.05, 0.1) is 4.88 Å². The van der Waals surface area contributed by atoms with Crippen molar-refractivity contribution in [1.29, 1.82) is 0 Å². The third-order valence-corrected chi connectivity index (χ3v) is 4.50. The first-order chi connectivity index (χ1) is 12.1. The van der Waals surface area contributed by atoms with Crippen LogP contribution in [0.25, 0.3) is 0 Å². The van der Waals surface area contributed by atoms with Gasteiger partial charge in [-0.2, -0.15) is 0 Å². The number of amides is 2. The monoisotopic (exact) mass is 351 g/mol. The zero-order valence-electron chi connectivity index (χ0n) is 13.7. The molecule has 0 aliphatic carbocycles. The normalized spacial score (nSPS) is 10.3. The molecular weight excluding hydrogens is 334 g/mol. The number of benzene rings is 1. The van der Waals surface area contributed by atoms with Crippen molar-refractivity contribution in [3.05, 3.63) is 82.3 Å². The molecule has 6 heteroatoms. The molecule has 2 heterocycles. The standard InChI is InChI=1S/C19H17N3O2S/c1-22(13-14-7-9-20-10-8-14)19(24)15-4-2-5-16(12-15)21-18(23)17-6-3-11-25-17/h2-12H,13H2,1H3,(H,21,23). The average Bonchev–Trinajstić information content (AvgIpc) is 3.17. The largest absolute Gasteiger partial charge is 0.337 e. The van der Waals surface area contributed by atoms with E-state index in [9.17, 15) is 9.59 Å². The molecule has 3 rings (SSSR count). The maximum absolute atomic E-state index is 12.6. The molecule has 2 aromatic heterocycles. The lowest BCUT2D eigenvalue weighted by Crippen LogP contribution is -2.26. The Morgan fingerprint density at radius 2 is 1.92 bits per heavy atom. The molecule has 25 heavy (non-hydrogen) atoms. The van der Waals surface area contributed by atoms with Gasteiger partial charge in [-0.1, -0.05) is 12.1 Å². The summed E-state index contributed by atoms with van der Waals surface area (Å²) in [7, 11) is 1.75. The van der Waals surface area contributed by atoms with Crippen LogP contribution >= 0.6 is 11.3 Å². The molecule has 2 amide bonds. The number of nitrogens with one attached hydrogen (secondary N) is 1. The van der Waals surface area contributed by atoms with Gasteiger partial charge in [0.15, 0.2) is 0 Å². The van der Waals surface area contributed by atoms with Crippen molar-refractivity contribution in [3.63, 3.8) is 0 Å². The van der Waals surface area contributed by atoms with Gasteiger partial charge >= 0.3 is 0 Å². The second-order valence-electron chi connectivity index (χ2n) is 5.53. The summed E-state index contributed by atoms with van der Waals surface area (Å²) >= 11 is 1.37. The maximum Gasteiger partial charge on any atom is 0.265 e. The smallest absolute Gasteiger partial charge is 0.265 e. The minimum Gasteiger partial charge on any atom is -0.337 e. The zero-order valence-corrected chi connectivity index (χ0v) is 14.5. The quantitative estimate of drug-likeness (QED) is 0.763. The topological polar surface area (TPSA) is 62.3 Å². The Morgan fingerprint density at radius 3 is 2.64 bits per heavy atom. The Labute approximate surface area is 149 Å². The van der Waals surface area contributed by atoms with Crippen molar-refractivity contribution < 1.29 is 9.59 Å². The first-order valence-corrected chi connectivity index (χ1v) is 8.61. The van der Waals surface area contributed by atoms with Gasteiger partial charge < -0.3 is 10.2 Å². The molecule has 0 atom stereocenters. The van der Waals surface area contributed by atoms with Crippen LogP contribution in [0.2, 0.25) is 0 Å². The van der Waals surface area contributed by atoms with Gasteiger partial charge in [-0.15, -0.1) is 11.3 Å². The second kappa shape index (κ2) is 7.72. The van der Waals surface area contributed by atoms with Crippen LogP contribution in [0.15, 0.2) is 66.3 Å². The number of rotatable bonds is 5. The predicted octanol–water partition coefficient (Wildman–Crippen LogP) is 3.67. The molecule has 0 saturated heterocycles. The fourth-order valence-electron chi connectivity index (χ4n) is 2.38. The number of pyridine rings is 1. The molecule has 1 aromatic carbocycles. The van der Waals surface area contributed by atoms with Gasteiger partial charge in [-0.3, -0.25) is 14.6 Å². The third-order valence-electron chi connectivity index (χ3n) is 3.63. The number of anilines is 1. The van der Waals surface area contributed by atoms with Crippen molar-refractivity contribution in [2.45, 2.75) is 6.54 Å².